The molecule has 1 aliphatic rings. The maximum atomic E-state index is 12.4. The van der Waals surface area contributed by atoms with Gasteiger partial charge in [-0.15, -0.1) is 6.58 Å². The first-order chi connectivity index (χ1) is 13.8. The Morgan fingerprint density at radius 2 is 1.93 bits per heavy atom. The number of carbonyl (C=O) groups is 2. The van der Waals surface area contributed by atoms with Crippen molar-refractivity contribution < 1.29 is 18.0 Å². The molecule has 0 unspecified atom stereocenters. The second-order valence-electron chi connectivity index (χ2n) is 6.88. The van der Waals surface area contributed by atoms with Gasteiger partial charge < -0.3 is 9.47 Å². The summed E-state index contributed by atoms with van der Waals surface area (Å²) in [5.41, 5.74) is 0.882. The topological polar surface area (TPSA) is 88.8 Å². The Balaban J connectivity index is 1.79. The molecule has 2 amide bonds. The third-order valence-electron chi connectivity index (χ3n) is 4.57. The van der Waals surface area contributed by atoms with E-state index in [4.69, 9.17) is 0 Å². The molecule has 0 spiro atoms. The Morgan fingerprint density at radius 1 is 1.21 bits per heavy atom. The number of sulfone groups is 1. The third kappa shape index (κ3) is 5.64. The molecule has 156 valence electrons. The summed E-state index contributed by atoms with van der Waals surface area (Å²) in [6.07, 6.45) is 4.49. The minimum absolute atomic E-state index is 0.403. The number of aromatic nitrogens is 1. The van der Waals surface area contributed by atoms with E-state index in [-0.39, 0.29) is 0 Å². The Morgan fingerprint density at radius 3 is 2.62 bits per heavy atom. The second kappa shape index (κ2) is 9.36. The van der Waals surface area contributed by atoms with Gasteiger partial charge in [-0.2, -0.15) is 4.99 Å². The molecule has 1 aliphatic heterocycles. The average molecular weight is 500 g/mol. The zero-order valence-corrected chi connectivity index (χ0v) is 19.1. The zero-order valence-electron chi connectivity index (χ0n) is 15.8. The van der Waals surface area contributed by atoms with Crippen molar-refractivity contribution in [2.75, 3.05) is 24.6 Å². The number of benzene rings is 1. The van der Waals surface area contributed by atoms with Gasteiger partial charge in [0.25, 0.3) is 5.91 Å². The number of likely N-dealkylation sites (tertiary alicyclic amines) is 1. The second-order valence-corrected chi connectivity index (χ2v) is 10.9. The van der Waals surface area contributed by atoms with E-state index in [0.717, 1.165) is 34.0 Å². The molecule has 1 saturated heterocycles. The molecule has 3 rings (SSSR count). The Kier molecular flexibility index (Phi) is 7.07. The van der Waals surface area contributed by atoms with Gasteiger partial charge in [0.1, 0.15) is 11.5 Å². The molecule has 0 saturated carbocycles. The van der Waals surface area contributed by atoms with Crippen LogP contribution in [0, 0.1) is 0 Å². The van der Waals surface area contributed by atoms with Crippen LogP contribution in [0.4, 0.5) is 0 Å². The van der Waals surface area contributed by atoms with E-state index in [1.165, 1.54) is 11.3 Å². The monoisotopic (exact) mass is 499 g/mol. The minimum Gasteiger partial charge on any atom is -0.342 e. The maximum Gasteiger partial charge on any atom is 0.263 e. The summed E-state index contributed by atoms with van der Waals surface area (Å²) < 4.78 is 28.3. The molecule has 1 aromatic heterocycles. The third-order valence-corrected chi connectivity index (χ3v) is 7.48. The lowest BCUT2D eigenvalue weighted by Gasteiger charge is -2.26. The van der Waals surface area contributed by atoms with E-state index in [9.17, 15) is 18.0 Å². The van der Waals surface area contributed by atoms with Crippen LogP contribution in [0.15, 0.2) is 40.3 Å². The van der Waals surface area contributed by atoms with Crippen LogP contribution in [-0.4, -0.2) is 54.3 Å². The van der Waals surface area contributed by atoms with E-state index in [1.54, 1.807) is 11.0 Å². The van der Waals surface area contributed by atoms with Crippen molar-refractivity contribution in [1.29, 1.82) is 0 Å². The van der Waals surface area contributed by atoms with Gasteiger partial charge in [0.15, 0.2) is 14.6 Å². The van der Waals surface area contributed by atoms with Crippen LogP contribution in [0.2, 0.25) is 0 Å². The van der Waals surface area contributed by atoms with Crippen molar-refractivity contribution in [3.05, 3.63) is 40.1 Å². The molecule has 0 atom stereocenters. The number of hydrogen-bond donors (Lipinski definition) is 0. The van der Waals surface area contributed by atoms with Crippen molar-refractivity contribution in [2.24, 2.45) is 4.99 Å². The van der Waals surface area contributed by atoms with E-state index >= 15 is 0 Å². The van der Waals surface area contributed by atoms with Crippen molar-refractivity contribution in [2.45, 2.75) is 25.8 Å². The molecule has 1 fully saturated rings. The molecular formula is C19H22BrN3O4S2. The van der Waals surface area contributed by atoms with Gasteiger partial charge in [-0.3, -0.25) is 9.59 Å². The largest absolute Gasteiger partial charge is 0.342 e. The highest BCUT2D eigenvalue weighted by Gasteiger charge is 2.25. The molecule has 0 radical (unpaired) electrons. The van der Waals surface area contributed by atoms with Gasteiger partial charge in [0.2, 0.25) is 5.91 Å². The van der Waals surface area contributed by atoms with E-state index in [2.05, 4.69) is 27.5 Å². The van der Waals surface area contributed by atoms with Gasteiger partial charge >= 0.3 is 0 Å². The fourth-order valence-electron chi connectivity index (χ4n) is 3.24. The quantitative estimate of drug-likeness (QED) is 0.571. The number of thiazole rings is 1. The predicted molar refractivity (Wildman–Crippen MR) is 117 cm³/mol. The lowest BCUT2D eigenvalue weighted by molar-refractivity contribution is -0.129. The molecular weight excluding hydrogens is 478 g/mol. The first-order valence-electron chi connectivity index (χ1n) is 9.24. The van der Waals surface area contributed by atoms with Crippen LogP contribution in [0.1, 0.15) is 19.3 Å². The molecule has 2 aromatic rings. The van der Waals surface area contributed by atoms with Crippen LogP contribution in [0.3, 0.4) is 0 Å². The zero-order chi connectivity index (χ0) is 21.0. The van der Waals surface area contributed by atoms with E-state index in [1.807, 2.05) is 22.8 Å². The average Bonchev–Trinajstić information content (AvgIpc) is 2.98. The molecule has 0 N–H and O–H groups in total. The Bertz CT molecular complexity index is 1110. The van der Waals surface area contributed by atoms with Gasteiger partial charge in [0.05, 0.1) is 10.2 Å². The normalized spacial score (nSPS) is 15.6. The highest BCUT2D eigenvalue weighted by atomic mass is 79.9. The number of piperidine rings is 1. The molecule has 2 heterocycles. The number of rotatable bonds is 6. The van der Waals surface area contributed by atoms with Crippen molar-refractivity contribution in [3.63, 3.8) is 0 Å². The van der Waals surface area contributed by atoms with Crippen LogP contribution >= 0.6 is 27.3 Å². The highest BCUT2D eigenvalue weighted by molar-refractivity contribution is 9.10. The van der Waals surface area contributed by atoms with E-state index in [0.29, 0.717) is 24.4 Å². The summed E-state index contributed by atoms with van der Waals surface area (Å²) in [5.74, 6) is -2.65. The van der Waals surface area contributed by atoms with Crippen molar-refractivity contribution >= 4 is 59.1 Å². The SMILES string of the molecule is C=CCn1c(=NC(=O)CS(=O)(=O)CC(=O)N2CCCCC2)sc2cc(Br)ccc21. The van der Waals surface area contributed by atoms with Gasteiger partial charge in [-0.25, -0.2) is 8.42 Å². The summed E-state index contributed by atoms with van der Waals surface area (Å²) in [6.45, 7) is 5.31. The van der Waals surface area contributed by atoms with Crippen LogP contribution in [-0.2, 0) is 26.0 Å². The summed E-state index contributed by atoms with van der Waals surface area (Å²) in [7, 11) is -3.88. The van der Waals surface area contributed by atoms with Crippen molar-refractivity contribution in [1.82, 2.24) is 9.47 Å². The number of hydrogen-bond acceptors (Lipinski definition) is 5. The molecule has 1 aromatic carbocycles. The van der Waals surface area contributed by atoms with Crippen LogP contribution < -0.4 is 4.80 Å². The summed E-state index contributed by atoms with van der Waals surface area (Å²) in [4.78, 5) is 30.6. The number of fused-ring (bicyclic) bond motifs is 1. The fraction of sp³-hybridized carbons (Fsp3) is 0.421. The Labute approximate surface area is 181 Å². The van der Waals surface area contributed by atoms with Crippen LogP contribution in [0.25, 0.3) is 10.2 Å². The summed E-state index contributed by atoms with van der Waals surface area (Å²) >= 11 is 4.71. The molecule has 29 heavy (non-hydrogen) atoms. The molecule has 7 nitrogen and oxygen atoms in total. The number of carbonyl (C=O) groups excluding carboxylic acids is 2. The maximum absolute atomic E-state index is 12.4. The smallest absolute Gasteiger partial charge is 0.263 e. The number of halogens is 1. The predicted octanol–water partition coefficient (Wildman–Crippen LogP) is 2.51. The lowest BCUT2D eigenvalue weighted by Crippen LogP contribution is -2.40. The number of nitrogens with zero attached hydrogens (tertiary/aromatic N) is 3. The first-order valence-corrected chi connectivity index (χ1v) is 12.7. The standard InChI is InChI=1S/C19H22BrN3O4S2/c1-2-8-23-15-7-6-14(20)11-16(15)28-19(23)21-17(24)12-29(26,27)13-18(25)22-9-4-3-5-10-22/h2,6-7,11H,1,3-5,8-10,12-13H2. The lowest BCUT2D eigenvalue weighted by atomic mass is 10.1. The molecule has 10 heteroatoms. The number of amides is 2. The van der Waals surface area contributed by atoms with Gasteiger partial charge in [-0.1, -0.05) is 33.3 Å². The number of allylic oxidation sites excluding steroid dienone is 1. The van der Waals surface area contributed by atoms with Crippen molar-refractivity contribution in [3.8, 4) is 0 Å². The summed E-state index contributed by atoms with van der Waals surface area (Å²) in [5, 5.41) is 0. The first kappa shape index (κ1) is 21.9. The van der Waals surface area contributed by atoms with Gasteiger partial charge in [0, 0.05) is 24.1 Å². The molecule has 0 bridgehead atoms. The highest BCUT2D eigenvalue weighted by Crippen LogP contribution is 2.22. The van der Waals surface area contributed by atoms with Crippen LogP contribution in [0.5, 0.6) is 0 Å². The van der Waals surface area contributed by atoms with E-state index < -0.39 is 33.2 Å². The minimum atomic E-state index is -3.88. The van der Waals surface area contributed by atoms with Gasteiger partial charge in [-0.05, 0) is 37.5 Å². The Hall–Kier alpha value is -1.78. The molecule has 0 aliphatic carbocycles. The summed E-state index contributed by atoms with van der Waals surface area (Å²) in [6, 6.07) is 5.70. The fourth-order valence-corrected chi connectivity index (χ4v) is 5.95.